The standard InChI is InChI=1S/C15H17NO3SSi/c1-17-21(18-2,19-3)11-8-9-15-13(10-11)16-12-6-4-5-7-14(12)20-15/h4-10,16H,1-3H3. The zero-order valence-corrected chi connectivity index (χ0v) is 14.0. The number of hydrogen-bond acceptors (Lipinski definition) is 5. The summed E-state index contributed by atoms with van der Waals surface area (Å²) in [6.07, 6.45) is 0. The maximum absolute atomic E-state index is 5.54. The first-order valence-electron chi connectivity index (χ1n) is 6.56. The minimum atomic E-state index is -2.79. The molecular formula is C15H17NO3SSi. The zero-order chi connectivity index (χ0) is 14.9. The highest BCUT2D eigenvalue weighted by Gasteiger charge is 2.41. The lowest BCUT2D eigenvalue weighted by molar-refractivity contribution is 0.140. The van der Waals surface area contributed by atoms with Crippen LogP contribution in [0.5, 0.6) is 0 Å². The Hall–Kier alpha value is -1.31. The third kappa shape index (κ3) is 2.49. The van der Waals surface area contributed by atoms with Crippen LogP contribution in [0.4, 0.5) is 11.4 Å². The number of hydrogen-bond donors (Lipinski definition) is 1. The van der Waals surface area contributed by atoms with Gasteiger partial charge in [-0.15, -0.1) is 0 Å². The summed E-state index contributed by atoms with van der Waals surface area (Å²) in [4.78, 5) is 2.41. The lowest BCUT2D eigenvalue weighted by Crippen LogP contribution is -2.54. The fraction of sp³-hybridized carbons (Fsp3) is 0.200. The third-order valence-electron chi connectivity index (χ3n) is 3.52. The van der Waals surface area contributed by atoms with E-state index in [2.05, 4.69) is 29.6 Å². The molecule has 0 aliphatic carbocycles. The first-order valence-corrected chi connectivity index (χ1v) is 9.10. The number of rotatable bonds is 4. The van der Waals surface area contributed by atoms with Crippen molar-refractivity contribution in [2.45, 2.75) is 9.79 Å². The van der Waals surface area contributed by atoms with Crippen molar-refractivity contribution in [3.63, 3.8) is 0 Å². The van der Waals surface area contributed by atoms with Gasteiger partial charge in [-0.2, -0.15) is 0 Å². The molecule has 0 saturated heterocycles. The van der Waals surface area contributed by atoms with Crippen LogP contribution in [0.15, 0.2) is 52.3 Å². The van der Waals surface area contributed by atoms with E-state index in [0.29, 0.717) is 0 Å². The van der Waals surface area contributed by atoms with Gasteiger partial charge in [0.15, 0.2) is 0 Å². The summed E-state index contributed by atoms with van der Waals surface area (Å²) in [5.41, 5.74) is 2.17. The van der Waals surface area contributed by atoms with Gasteiger partial charge in [0, 0.05) is 36.3 Å². The fourth-order valence-corrected chi connectivity index (χ4v) is 5.22. The molecule has 1 N–H and O–H groups in total. The highest BCUT2D eigenvalue weighted by atomic mass is 32.2. The predicted molar refractivity (Wildman–Crippen MR) is 86.7 cm³/mol. The SMILES string of the molecule is CO[Si](OC)(OC)c1ccc2c(c1)Nc1ccccc1S2. The van der Waals surface area contributed by atoms with E-state index in [1.807, 2.05) is 18.2 Å². The molecule has 1 aliphatic rings. The fourth-order valence-electron chi connectivity index (χ4n) is 2.43. The molecule has 3 rings (SSSR count). The molecule has 4 nitrogen and oxygen atoms in total. The lowest BCUT2D eigenvalue weighted by atomic mass is 10.2. The summed E-state index contributed by atoms with van der Waals surface area (Å²) >= 11 is 1.76. The first-order chi connectivity index (χ1) is 10.2. The Kier molecular flexibility index (Phi) is 4.05. The first kappa shape index (κ1) is 14.6. The van der Waals surface area contributed by atoms with Crippen molar-refractivity contribution in [1.82, 2.24) is 0 Å². The molecule has 0 unspecified atom stereocenters. The van der Waals surface area contributed by atoms with Crippen LogP contribution in [0.3, 0.4) is 0 Å². The second-order valence-corrected chi connectivity index (χ2v) is 8.60. The molecule has 0 bridgehead atoms. The van der Waals surface area contributed by atoms with E-state index < -0.39 is 8.80 Å². The molecule has 2 aromatic rings. The number of fused-ring (bicyclic) bond motifs is 2. The summed E-state index contributed by atoms with van der Waals surface area (Å²) in [5, 5.41) is 4.41. The normalized spacial score (nSPS) is 13.3. The maximum atomic E-state index is 5.54. The molecule has 0 spiro atoms. The van der Waals surface area contributed by atoms with Crippen LogP contribution in [0, 0.1) is 0 Å². The smallest absolute Gasteiger partial charge is 0.373 e. The van der Waals surface area contributed by atoms with Crippen LogP contribution in [-0.4, -0.2) is 30.1 Å². The summed E-state index contributed by atoms with van der Waals surface area (Å²) in [7, 11) is 2.07. The average Bonchev–Trinajstić information content (AvgIpc) is 2.55. The van der Waals surface area contributed by atoms with Gasteiger partial charge in [0.05, 0.1) is 11.4 Å². The van der Waals surface area contributed by atoms with Gasteiger partial charge in [-0.1, -0.05) is 30.0 Å². The van der Waals surface area contributed by atoms with Gasteiger partial charge >= 0.3 is 8.80 Å². The monoisotopic (exact) mass is 319 g/mol. The van der Waals surface area contributed by atoms with Crippen LogP contribution in [-0.2, 0) is 13.3 Å². The Morgan fingerprint density at radius 2 is 1.52 bits per heavy atom. The summed E-state index contributed by atoms with van der Waals surface area (Å²) in [5.74, 6) is 0. The van der Waals surface area contributed by atoms with E-state index in [1.165, 1.54) is 9.79 Å². The van der Waals surface area contributed by atoms with Crippen molar-refractivity contribution in [2.24, 2.45) is 0 Å². The van der Waals surface area contributed by atoms with Gasteiger partial charge in [-0.05, 0) is 24.3 Å². The highest BCUT2D eigenvalue weighted by Crippen LogP contribution is 2.43. The molecule has 0 radical (unpaired) electrons. The molecule has 0 fully saturated rings. The quantitative estimate of drug-likeness (QED) is 0.749. The van der Waals surface area contributed by atoms with Gasteiger partial charge in [0.1, 0.15) is 0 Å². The Bertz CT molecular complexity index is 653. The van der Waals surface area contributed by atoms with Gasteiger partial charge in [0.2, 0.25) is 0 Å². The average molecular weight is 319 g/mol. The van der Waals surface area contributed by atoms with Gasteiger partial charge in [0.25, 0.3) is 0 Å². The molecule has 2 aromatic carbocycles. The molecule has 0 saturated carbocycles. The van der Waals surface area contributed by atoms with Crippen LogP contribution in [0.25, 0.3) is 0 Å². The summed E-state index contributed by atoms with van der Waals surface area (Å²) < 4.78 is 16.6. The number of anilines is 2. The van der Waals surface area contributed by atoms with E-state index in [-0.39, 0.29) is 0 Å². The molecular weight excluding hydrogens is 302 g/mol. The zero-order valence-electron chi connectivity index (χ0n) is 12.2. The van der Waals surface area contributed by atoms with Crippen molar-refractivity contribution < 1.29 is 13.3 Å². The Morgan fingerprint density at radius 1 is 0.857 bits per heavy atom. The van der Waals surface area contributed by atoms with E-state index in [9.17, 15) is 0 Å². The maximum Gasteiger partial charge on any atom is 0.536 e. The van der Waals surface area contributed by atoms with Crippen LogP contribution in [0.1, 0.15) is 0 Å². The van der Waals surface area contributed by atoms with Crippen molar-refractivity contribution >= 4 is 37.1 Å². The molecule has 0 amide bonds. The van der Waals surface area contributed by atoms with Gasteiger partial charge in [-0.3, -0.25) is 0 Å². The van der Waals surface area contributed by atoms with Crippen molar-refractivity contribution in [3.8, 4) is 0 Å². The van der Waals surface area contributed by atoms with E-state index >= 15 is 0 Å². The molecule has 0 atom stereocenters. The molecule has 6 heteroatoms. The third-order valence-corrected chi connectivity index (χ3v) is 7.30. The summed E-state index contributed by atoms with van der Waals surface area (Å²) in [6, 6.07) is 14.4. The van der Waals surface area contributed by atoms with Crippen molar-refractivity contribution in [1.29, 1.82) is 0 Å². The molecule has 21 heavy (non-hydrogen) atoms. The minimum Gasteiger partial charge on any atom is -0.373 e. The second-order valence-electron chi connectivity index (χ2n) is 4.60. The number of benzene rings is 2. The number of nitrogens with one attached hydrogen (secondary N) is 1. The second kappa shape index (κ2) is 5.82. The van der Waals surface area contributed by atoms with Crippen molar-refractivity contribution in [2.75, 3.05) is 26.6 Å². The van der Waals surface area contributed by atoms with E-state index in [4.69, 9.17) is 13.3 Å². The molecule has 0 aromatic heterocycles. The van der Waals surface area contributed by atoms with Crippen LogP contribution in [0.2, 0.25) is 0 Å². The Balaban J connectivity index is 2.00. The summed E-state index contributed by atoms with van der Waals surface area (Å²) in [6.45, 7) is 0. The van der Waals surface area contributed by atoms with Gasteiger partial charge in [-0.25, -0.2) is 0 Å². The molecule has 110 valence electrons. The number of para-hydroxylation sites is 1. The largest absolute Gasteiger partial charge is 0.536 e. The molecule has 1 heterocycles. The van der Waals surface area contributed by atoms with Crippen LogP contribution >= 0.6 is 11.8 Å². The predicted octanol–water partition coefficient (Wildman–Crippen LogP) is 2.98. The Labute approximate surface area is 129 Å². The minimum absolute atomic E-state index is 0.946. The van der Waals surface area contributed by atoms with E-state index in [1.54, 1.807) is 33.1 Å². The van der Waals surface area contributed by atoms with Gasteiger partial charge < -0.3 is 18.6 Å². The Morgan fingerprint density at radius 3 is 2.24 bits per heavy atom. The van der Waals surface area contributed by atoms with Crippen molar-refractivity contribution in [3.05, 3.63) is 42.5 Å². The molecule has 1 aliphatic heterocycles. The highest BCUT2D eigenvalue weighted by molar-refractivity contribution is 7.99. The topological polar surface area (TPSA) is 39.7 Å². The van der Waals surface area contributed by atoms with E-state index in [0.717, 1.165) is 16.6 Å². The lowest BCUT2D eigenvalue weighted by Gasteiger charge is -2.27. The van der Waals surface area contributed by atoms with Crippen LogP contribution < -0.4 is 10.5 Å².